The van der Waals surface area contributed by atoms with Gasteiger partial charge in [-0.2, -0.15) is 5.10 Å². The van der Waals surface area contributed by atoms with E-state index in [1.807, 2.05) is 17.7 Å². The largest absolute Gasteiger partial charge is 0.297 e. The molecule has 1 aromatic rings. The zero-order chi connectivity index (χ0) is 14.8. The molecule has 0 aromatic carbocycles. The van der Waals surface area contributed by atoms with Gasteiger partial charge in [-0.05, 0) is 59.2 Å². The number of ketones is 1. The Hall–Kier alpha value is -1.16. The molecule has 0 bridgehead atoms. The van der Waals surface area contributed by atoms with Gasteiger partial charge in [0.05, 0.1) is 17.7 Å². The first-order valence-corrected chi connectivity index (χ1v) is 7.83. The second-order valence-corrected chi connectivity index (χ2v) is 6.01. The van der Waals surface area contributed by atoms with Crippen molar-refractivity contribution >= 4 is 5.78 Å². The van der Waals surface area contributed by atoms with Gasteiger partial charge in [0.1, 0.15) is 0 Å². The first kappa shape index (κ1) is 15.2. The van der Waals surface area contributed by atoms with Crippen LogP contribution in [0.15, 0.2) is 6.07 Å². The Bertz CT molecular complexity index is 474. The van der Waals surface area contributed by atoms with Crippen molar-refractivity contribution in [3.8, 4) is 0 Å². The monoisotopic (exact) mass is 277 g/mol. The number of aryl methyl sites for hydroxylation is 2. The summed E-state index contributed by atoms with van der Waals surface area (Å²) in [4.78, 5) is 15.2. The third-order valence-corrected chi connectivity index (χ3v) is 4.72. The molecule has 112 valence electrons. The summed E-state index contributed by atoms with van der Waals surface area (Å²) in [6.45, 7) is 11.2. The molecule has 4 nitrogen and oxygen atoms in total. The molecule has 0 spiro atoms. The third kappa shape index (κ3) is 2.80. The predicted molar refractivity (Wildman–Crippen MR) is 80.9 cm³/mol. The molecule has 1 aromatic heterocycles. The smallest absolute Gasteiger partial charge is 0.158 e. The molecule has 0 amide bonds. The average Bonchev–Trinajstić information content (AvgIpc) is 3.07. The van der Waals surface area contributed by atoms with E-state index in [0.717, 1.165) is 37.4 Å². The summed E-state index contributed by atoms with van der Waals surface area (Å²) in [6, 6.07) is 2.04. The molecular formula is C16H27N3O. The molecule has 20 heavy (non-hydrogen) atoms. The molecule has 0 radical (unpaired) electrons. The van der Waals surface area contributed by atoms with E-state index < -0.39 is 0 Å². The number of nitrogens with zero attached hydrogens (tertiary/aromatic N) is 3. The number of Topliss-reactive ketones (excluding diaryl/α,β-unsaturated/α-hetero) is 1. The Morgan fingerprint density at radius 3 is 2.55 bits per heavy atom. The summed E-state index contributed by atoms with van der Waals surface area (Å²) in [7, 11) is 0. The minimum atomic E-state index is -0.312. The zero-order valence-corrected chi connectivity index (χ0v) is 13.3. The van der Waals surface area contributed by atoms with Gasteiger partial charge in [0, 0.05) is 12.2 Å². The molecule has 0 aliphatic carbocycles. The number of hydrogen-bond donors (Lipinski definition) is 0. The van der Waals surface area contributed by atoms with Gasteiger partial charge < -0.3 is 0 Å². The summed E-state index contributed by atoms with van der Waals surface area (Å²) in [5.74, 6) is 0.330. The van der Waals surface area contributed by atoms with Gasteiger partial charge in [0.2, 0.25) is 0 Å². The van der Waals surface area contributed by atoms with Crippen molar-refractivity contribution in [1.29, 1.82) is 0 Å². The van der Waals surface area contributed by atoms with E-state index in [1.165, 1.54) is 12.8 Å². The van der Waals surface area contributed by atoms with Crippen LogP contribution in [0.25, 0.3) is 0 Å². The van der Waals surface area contributed by atoms with Crippen LogP contribution in [0, 0.1) is 6.92 Å². The van der Waals surface area contributed by atoms with Gasteiger partial charge in [0.15, 0.2) is 5.78 Å². The summed E-state index contributed by atoms with van der Waals surface area (Å²) >= 11 is 0. The van der Waals surface area contributed by atoms with Gasteiger partial charge in [-0.1, -0.05) is 6.92 Å². The third-order valence-electron chi connectivity index (χ3n) is 4.72. The van der Waals surface area contributed by atoms with Crippen molar-refractivity contribution < 1.29 is 4.79 Å². The molecular weight excluding hydrogens is 250 g/mol. The summed E-state index contributed by atoms with van der Waals surface area (Å²) in [5, 5.41) is 4.44. The minimum Gasteiger partial charge on any atom is -0.297 e. The van der Waals surface area contributed by atoms with Gasteiger partial charge in [-0.25, -0.2) is 0 Å². The normalized spacial score (nSPS) is 19.2. The lowest BCUT2D eigenvalue weighted by molar-refractivity contribution is -0.129. The van der Waals surface area contributed by atoms with Crippen LogP contribution in [0.2, 0.25) is 0 Å². The number of carbonyl (C=O) groups excluding carboxylic acids is 1. The number of carbonyl (C=O) groups is 1. The maximum absolute atomic E-state index is 12.8. The molecule has 1 saturated heterocycles. The first-order chi connectivity index (χ1) is 9.51. The summed E-state index contributed by atoms with van der Waals surface area (Å²) in [5.41, 5.74) is 1.73. The van der Waals surface area contributed by atoms with Gasteiger partial charge in [-0.15, -0.1) is 0 Å². The maximum atomic E-state index is 12.8. The SMILES string of the molecule is CCn1nc(C)cc1CC(=O)C(C)(CC)N1CCCC1. The molecule has 1 unspecified atom stereocenters. The topological polar surface area (TPSA) is 38.1 Å². The van der Waals surface area contributed by atoms with Gasteiger partial charge in [-0.3, -0.25) is 14.4 Å². The molecule has 4 heteroatoms. The Balaban J connectivity index is 2.16. The van der Waals surface area contributed by atoms with E-state index in [-0.39, 0.29) is 5.54 Å². The average molecular weight is 277 g/mol. The number of likely N-dealkylation sites (tertiary alicyclic amines) is 1. The van der Waals surface area contributed by atoms with Crippen molar-refractivity contribution in [2.75, 3.05) is 13.1 Å². The van der Waals surface area contributed by atoms with Crippen LogP contribution in [0.4, 0.5) is 0 Å². The van der Waals surface area contributed by atoms with E-state index in [1.54, 1.807) is 0 Å². The van der Waals surface area contributed by atoms with Gasteiger partial charge >= 0.3 is 0 Å². The Morgan fingerprint density at radius 2 is 2.00 bits per heavy atom. The van der Waals surface area contributed by atoms with Crippen molar-refractivity contribution in [3.63, 3.8) is 0 Å². The highest BCUT2D eigenvalue weighted by Gasteiger charge is 2.38. The molecule has 1 fully saturated rings. The van der Waals surface area contributed by atoms with Crippen molar-refractivity contribution in [2.45, 2.75) is 65.5 Å². The van der Waals surface area contributed by atoms with Crippen molar-refractivity contribution in [3.05, 3.63) is 17.5 Å². The van der Waals surface area contributed by atoms with Crippen LogP contribution in [-0.2, 0) is 17.8 Å². The first-order valence-electron chi connectivity index (χ1n) is 7.83. The van der Waals surface area contributed by atoms with Crippen molar-refractivity contribution in [1.82, 2.24) is 14.7 Å². The second-order valence-electron chi connectivity index (χ2n) is 6.01. The fourth-order valence-corrected chi connectivity index (χ4v) is 3.18. The highest BCUT2D eigenvalue weighted by atomic mass is 16.1. The predicted octanol–water partition coefficient (Wildman–Crippen LogP) is 2.59. The summed E-state index contributed by atoms with van der Waals surface area (Å²) < 4.78 is 1.95. The van der Waals surface area contributed by atoms with E-state index in [2.05, 4.69) is 30.8 Å². The molecule has 1 aliphatic heterocycles. The highest BCUT2D eigenvalue weighted by molar-refractivity contribution is 5.89. The Labute approximate surface area is 122 Å². The number of hydrogen-bond acceptors (Lipinski definition) is 3. The van der Waals surface area contributed by atoms with E-state index >= 15 is 0 Å². The Morgan fingerprint density at radius 1 is 1.35 bits per heavy atom. The number of rotatable bonds is 6. The molecule has 0 saturated carbocycles. The van der Waals surface area contributed by atoms with Crippen LogP contribution in [0.5, 0.6) is 0 Å². The minimum absolute atomic E-state index is 0.312. The molecule has 1 atom stereocenters. The van der Waals surface area contributed by atoms with Crippen LogP contribution in [0.1, 0.15) is 51.4 Å². The van der Waals surface area contributed by atoms with Crippen molar-refractivity contribution in [2.24, 2.45) is 0 Å². The standard InChI is InChI=1S/C16H27N3O/c1-5-16(4,18-9-7-8-10-18)15(20)12-14-11-13(3)17-19(14)6-2/h11H,5-10,12H2,1-4H3. The lowest BCUT2D eigenvalue weighted by Crippen LogP contribution is -2.51. The van der Waals surface area contributed by atoms with E-state index in [4.69, 9.17) is 0 Å². The zero-order valence-electron chi connectivity index (χ0n) is 13.3. The molecule has 2 heterocycles. The van der Waals surface area contributed by atoms with E-state index in [9.17, 15) is 4.79 Å². The molecule has 0 N–H and O–H groups in total. The highest BCUT2D eigenvalue weighted by Crippen LogP contribution is 2.27. The van der Waals surface area contributed by atoms with Crippen LogP contribution < -0.4 is 0 Å². The molecule has 1 aliphatic rings. The number of aromatic nitrogens is 2. The van der Waals surface area contributed by atoms with Crippen LogP contribution in [0.3, 0.4) is 0 Å². The van der Waals surface area contributed by atoms with Crippen LogP contribution in [-0.4, -0.2) is 39.1 Å². The lowest BCUT2D eigenvalue weighted by Gasteiger charge is -2.36. The quantitative estimate of drug-likeness (QED) is 0.802. The second kappa shape index (κ2) is 6.08. The van der Waals surface area contributed by atoms with Gasteiger partial charge in [0.25, 0.3) is 0 Å². The maximum Gasteiger partial charge on any atom is 0.158 e. The lowest BCUT2D eigenvalue weighted by atomic mass is 9.88. The Kier molecular flexibility index (Phi) is 4.63. The fourth-order valence-electron chi connectivity index (χ4n) is 3.18. The van der Waals surface area contributed by atoms with E-state index in [0.29, 0.717) is 12.2 Å². The molecule has 2 rings (SSSR count). The fraction of sp³-hybridized carbons (Fsp3) is 0.750. The van der Waals surface area contributed by atoms with Crippen LogP contribution >= 0.6 is 0 Å². The summed E-state index contributed by atoms with van der Waals surface area (Å²) in [6.07, 6.45) is 3.81.